The van der Waals surface area contributed by atoms with Gasteiger partial charge in [-0.05, 0) is 36.6 Å². The maximum absolute atomic E-state index is 12.7. The molecule has 2 saturated heterocycles. The Hall–Kier alpha value is -2.58. The molecule has 0 N–H and O–H groups in total. The third-order valence-corrected chi connectivity index (χ3v) is 7.12. The number of benzene rings is 1. The molecule has 172 valence electrons. The molecular formula is C24H32N4O4. The Morgan fingerprint density at radius 2 is 1.62 bits per heavy atom. The van der Waals surface area contributed by atoms with E-state index in [0.717, 1.165) is 56.6 Å². The van der Waals surface area contributed by atoms with Crippen molar-refractivity contribution in [3.8, 4) is 11.5 Å². The van der Waals surface area contributed by atoms with Crippen LogP contribution in [-0.4, -0.2) is 103 Å². The van der Waals surface area contributed by atoms with Gasteiger partial charge in [0, 0.05) is 64.5 Å². The first-order chi connectivity index (χ1) is 15.7. The molecule has 0 unspecified atom stereocenters. The lowest BCUT2D eigenvalue weighted by Gasteiger charge is -2.43. The van der Waals surface area contributed by atoms with E-state index in [9.17, 15) is 9.59 Å². The zero-order chi connectivity index (χ0) is 21.9. The lowest BCUT2D eigenvalue weighted by atomic mass is 9.91. The first-order valence-corrected chi connectivity index (χ1v) is 11.8. The molecule has 0 atom stereocenters. The van der Waals surface area contributed by atoms with Gasteiger partial charge in [-0.2, -0.15) is 0 Å². The number of carbonyl (C=O) groups is 2. The van der Waals surface area contributed by atoms with E-state index in [1.807, 2.05) is 34.1 Å². The summed E-state index contributed by atoms with van der Waals surface area (Å²) in [5.41, 5.74) is 0.907. The van der Waals surface area contributed by atoms with Crippen molar-refractivity contribution in [1.82, 2.24) is 19.6 Å². The van der Waals surface area contributed by atoms with Crippen molar-refractivity contribution in [1.29, 1.82) is 0 Å². The van der Waals surface area contributed by atoms with E-state index in [0.29, 0.717) is 25.4 Å². The second-order valence-electron chi connectivity index (χ2n) is 9.05. The number of nitrogens with zero attached hydrogens (tertiary/aromatic N) is 4. The van der Waals surface area contributed by atoms with Gasteiger partial charge in [-0.3, -0.25) is 19.4 Å². The van der Waals surface area contributed by atoms with Crippen LogP contribution in [0.15, 0.2) is 24.3 Å². The molecule has 3 fully saturated rings. The number of fused-ring (bicyclic) bond motifs is 1. The van der Waals surface area contributed by atoms with Gasteiger partial charge in [0.1, 0.15) is 0 Å². The van der Waals surface area contributed by atoms with Crippen LogP contribution in [0.1, 0.15) is 24.8 Å². The minimum atomic E-state index is 0.000703. The fourth-order valence-corrected chi connectivity index (χ4v) is 4.80. The summed E-state index contributed by atoms with van der Waals surface area (Å²) in [6.45, 7) is 7.16. The van der Waals surface area contributed by atoms with Crippen LogP contribution in [-0.2, 0) is 9.59 Å². The van der Waals surface area contributed by atoms with E-state index < -0.39 is 0 Å². The third-order valence-electron chi connectivity index (χ3n) is 7.12. The van der Waals surface area contributed by atoms with E-state index in [4.69, 9.17) is 9.47 Å². The quantitative estimate of drug-likeness (QED) is 0.643. The molecule has 0 aromatic heterocycles. The van der Waals surface area contributed by atoms with Gasteiger partial charge in [0.15, 0.2) is 11.5 Å². The summed E-state index contributed by atoms with van der Waals surface area (Å²) in [4.78, 5) is 33.9. The van der Waals surface area contributed by atoms with Gasteiger partial charge in [0.25, 0.3) is 0 Å². The van der Waals surface area contributed by atoms with Crippen molar-refractivity contribution in [2.24, 2.45) is 0 Å². The summed E-state index contributed by atoms with van der Waals surface area (Å²) in [7, 11) is 0. The average molecular weight is 441 g/mol. The molecule has 3 heterocycles. The lowest BCUT2D eigenvalue weighted by molar-refractivity contribution is -0.135. The van der Waals surface area contributed by atoms with Gasteiger partial charge in [-0.25, -0.2) is 0 Å². The normalized spacial score (nSPS) is 22.4. The SMILES string of the molecule is O=C(C=Cc1ccc2c(c1)OCO2)N1CCN(CC(=O)N2CCN(C3CCC3)CC2)CC1. The maximum atomic E-state index is 12.7. The van der Waals surface area contributed by atoms with Gasteiger partial charge < -0.3 is 19.3 Å². The first-order valence-electron chi connectivity index (χ1n) is 11.8. The monoisotopic (exact) mass is 440 g/mol. The summed E-state index contributed by atoms with van der Waals surface area (Å²) >= 11 is 0. The third kappa shape index (κ3) is 4.76. The van der Waals surface area contributed by atoms with Crippen molar-refractivity contribution in [3.63, 3.8) is 0 Å². The minimum Gasteiger partial charge on any atom is -0.454 e. The van der Waals surface area contributed by atoms with E-state index in [-0.39, 0.29) is 18.6 Å². The summed E-state index contributed by atoms with van der Waals surface area (Å²) in [6.07, 6.45) is 7.42. The van der Waals surface area contributed by atoms with Gasteiger partial charge in [0.2, 0.25) is 18.6 Å². The molecule has 5 rings (SSSR count). The molecule has 4 aliphatic rings. The summed E-state index contributed by atoms with van der Waals surface area (Å²) in [6, 6.07) is 6.40. The Kier molecular flexibility index (Phi) is 6.32. The Balaban J connectivity index is 1.04. The van der Waals surface area contributed by atoms with E-state index in [1.54, 1.807) is 6.08 Å². The highest BCUT2D eigenvalue weighted by atomic mass is 16.7. The van der Waals surface area contributed by atoms with Crippen molar-refractivity contribution in [2.45, 2.75) is 25.3 Å². The van der Waals surface area contributed by atoms with E-state index >= 15 is 0 Å². The smallest absolute Gasteiger partial charge is 0.246 e. The molecule has 0 bridgehead atoms. The highest BCUT2D eigenvalue weighted by molar-refractivity contribution is 5.92. The zero-order valence-electron chi connectivity index (χ0n) is 18.6. The number of rotatable bonds is 5. The predicted molar refractivity (Wildman–Crippen MR) is 120 cm³/mol. The number of amides is 2. The topological polar surface area (TPSA) is 65.6 Å². The molecule has 1 saturated carbocycles. The molecule has 2 amide bonds. The Morgan fingerprint density at radius 3 is 2.34 bits per heavy atom. The fraction of sp³-hybridized carbons (Fsp3) is 0.583. The number of ether oxygens (including phenoxy) is 2. The first kappa shape index (κ1) is 21.3. The Labute approximate surface area is 189 Å². The summed E-state index contributed by atoms with van der Waals surface area (Å²) in [5, 5.41) is 0. The van der Waals surface area contributed by atoms with E-state index in [2.05, 4.69) is 9.80 Å². The van der Waals surface area contributed by atoms with Crippen LogP contribution in [0, 0.1) is 0 Å². The van der Waals surface area contributed by atoms with Gasteiger partial charge in [-0.1, -0.05) is 12.5 Å². The predicted octanol–water partition coefficient (Wildman–Crippen LogP) is 1.27. The molecule has 1 aliphatic carbocycles. The van der Waals surface area contributed by atoms with Crippen molar-refractivity contribution < 1.29 is 19.1 Å². The largest absolute Gasteiger partial charge is 0.454 e. The highest BCUT2D eigenvalue weighted by Crippen LogP contribution is 2.32. The number of piperazine rings is 2. The van der Waals surface area contributed by atoms with Crippen LogP contribution in [0.4, 0.5) is 0 Å². The summed E-state index contributed by atoms with van der Waals surface area (Å²) in [5.74, 6) is 1.67. The van der Waals surface area contributed by atoms with E-state index in [1.165, 1.54) is 19.3 Å². The second-order valence-corrected chi connectivity index (χ2v) is 9.05. The number of hydrogen-bond acceptors (Lipinski definition) is 6. The highest BCUT2D eigenvalue weighted by Gasteiger charge is 2.30. The van der Waals surface area contributed by atoms with Crippen LogP contribution in [0.5, 0.6) is 11.5 Å². The van der Waals surface area contributed by atoms with Crippen LogP contribution in [0.2, 0.25) is 0 Å². The molecule has 1 aromatic carbocycles. The van der Waals surface area contributed by atoms with Gasteiger partial charge >= 0.3 is 0 Å². The maximum Gasteiger partial charge on any atom is 0.246 e. The number of carbonyl (C=O) groups excluding carboxylic acids is 2. The van der Waals surface area contributed by atoms with Gasteiger partial charge in [0.05, 0.1) is 6.54 Å². The molecule has 0 spiro atoms. The van der Waals surface area contributed by atoms with Crippen molar-refractivity contribution in [3.05, 3.63) is 29.8 Å². The molecular weight excluding hydrogens is 408 g/mol. The molecule has 3 aliphatic heterocycles. The molecule has 8 heteroatoms. The van der Waals surface area contributed by atoms with Crippen LogP contribution >= 0.6 is 0 Å². The molecule has 1 aromatic rings. The second kappa shape index (κ2) is 9.50. The van der Waals surface area contributed by atoms with Crippen LogP contribution in [0.3, 0.4) is 0 Å². The van der Waals surface area contributed by atoms with Crippen molar-refractivity contribution in [2.75, 3.05) is 65.7 Å². The lowest BCUT2D eigenvalue weighted by Crippen LogP contribution is -2.56. The fourth-order valence-electron chi connectivity index (χ4n) is 4.80. The standard InChI is InChI=1S/C24H32N4O4/c29-23(7-5-19-4-6-21-22(16-19)32-18-31-21)27-10-8-25(9-11-27)17-24(30)28-14-12-26(13-15-28)20-2-1-3-20/h4-7,16,20H,1-3,8-15,17-18H2. The molecule has 8 nitrogen and oxygen atoms in total. The van der Waals surface area contributed by atoms with Crippen LogP contribution < -0.4 is 9.47 Å². The van der Waals surface area contributed by atoms with Crippen LogP contribution in [0.25, 0.3) is 6.08 Å². The molecule has 0 radical (unpaired) electrons. The Morgan fingerprint density at radius 1 is 0.906 bits per heavy atom. The minimum absolute atomic E-state index is 0.000703. The van der Waals surface area contributed by atoms with Crippen molar-refractivity contribution >= 4 is 17.9 Å². The molecule has 32 heavy (non-hydrogen) atoms. The van der Waals surface area contributed by atoms with Gasteiger partial charge in [-0.15, -0.1) is 0 Å². The Bertz CT molecular complexity index is 869. The zero-order valence-corrected chi connectivity index (χ0v) is 18.6. The number of hydrogen-bond donors (Lipinski definition) is 0. The average Bonchev–Trinajstić information content (AvgIpc) is 3.25. The summed E-state index contributed by atoms with van der Waals surface area (Å²) < 4.78 is 10.7.